The lowest BCUT2D eigenvalue weighted by Crippen LogP contribution is -2.41. The standard InChI is InChI=1S/C16H24N4O2/c1-11(2)15-13(6-4-9-22-15)16(21)18-14-10-12(3)20(19-14)8-5-7-17/h10-11,13,15H,4-6,8-9H2,1-3H3,(H,18,19,21)/t13-,15+/m1/s1. The van der Waals surface area contributed by atoms with Crippen LogP contribution in [-0.4, -0.2) is 28.4 Å². The van der Waals surface area contributed by atoms with Crippen molar-refractivity contribution in [1.29, 1.82) is 5.26 Å². The zero-order valence-electron chi connectivity index (χ0n) is 13.5. The molecule has 1 aliphatic rings. The Morgan fingerprint density at radius 3 is 3.09 bits per heavy atom. The van der Waals surface area contributed by atoms with Crippen molar-refractivity contribution in [2.24, 2.45) is 11.8 Å². The maximum atomic E-state index is 12.5. The van der Waals surface area contributed by atoms with Gasteiger partial charge in [0.1, 0.15) is 0 Å². The summed E-state index contributed by atoms with van der Waals surface area (Å²) in [5.74, 6) is 0.709. The van der Waals surface area contributed by atoms with Crippen LogP contribution >= 0.6 is 0 Å². The summed E-state index contributed by atoms with van der Waals surface area (Å²) in [4.78, 5) is 12.5. The normalized spacial score (nSPS) is 21.6. The van der Waals surface area contributed by atoms with E-state index in [1.807, 2.05) is 13.0 Å². The third kappa shape index (κ3) is 3.86. The van der Waals surface area contributed by atoms with Crippen molar-refractivity contribution >= 4 is 11.7 Å². The van der Waals surface area contributed by atoms with Gasteiger partial charge in [0.25, 0.3) is 0 Å². The lowest BCUT2D eigenvalue weighted by Gasteiger charge is -2.33. The van der Waals surface area contributed by atoms with Gasteiger partial charge in [-0.2, -0.15) is 10.4 Å². The summed E-state index contributed by atoms with van der Waals surface area (Å²) in [7, 11) is 0. The summed E-state index contributed by atoms with van der Waals surface area (Å²) in [5, 5.41) is 15.9. The second-order valence-corrected chi connectivity index (χ2v) is 6.12. The van der Waals surface area contributed by atoms with Gasteiger partial charge in [0.15, 0.2) is 5.82 Å². The van der Waals surface area contributed by atoms with Gasteiger partial charge in [0, 0.05) is 18.4 Å². The van der Waals surface area contributed by atoms with Crippen molar-refractivity contribution in [3.8, 4) is 6.07 Å². The van der Waals surface area contributed by atoms with Gasteiger partial charge in [-0.1, -0.05) is 13.8 Å². The van der Waals surface area contributed by atoms with Gasteiger partial charge in [-0.3, -0.25) is 9.48 Å². The number of amides is 1. The van der Waals surface area contributed by atoms with E-state index in [0.29, 0.717) is 24.7 Å². The number of anilines is 1. The number of hydrogen-bond donors (Lipinski definition) is 1. The van der Waals surface area contributed by atoms with Crippen LogP contribution in [0.25, 0.3) is 0 Å². The summed E-state index contributed by atoms with van der Waals surface area (Å²) >= 11 is 0. The number of nitrogens with one attached hydrogen (secondary N) is 1. The number of aryl methyl sites for hydroxylation is 2. The monoisotopic (exact) mass is 304 g/mol. The molecule has 0 spiro atoms. The SMILES string of the molecule is Cc1cc(NC(=O)[C@@H]2CCCO[C@H]2C(C)C)nn1CCC#N. The van der Waals surface area contributed by atoms with Crippen LogP contribution in [0.3, 0.4) is 0 Å². The van der Waals surface area contributed by atoms with Crippen molar-refractivity contribution in [2.45, 2.75) is 52.7 Å². The summed E-state index contributed by atoms with van der Waals surface area (Å²) in [6.07, 6.45) is 2.14. The van der Waals surface area contributed by atoms with Crippen LogP contribution in [0.2, 0.25) is 0 Å². The maximum Gasteiger partial charge on any atom is 0.231 e. The maximum absolute atomic E-state index is 12.5. The van der Waals surface area contributed by atoms with Crippen LogP contribution in [0.4, 0.5) is 5.82 Å². The Hall–Kier alpha value is -1.87. The zero-order chi connectivity index (χ0) is 16.1. The molecule has 0 unspecified atom stereocenters. The third-order valence-corrected chi connectivity index (χ3v) is 4.03. The minimum atomic E-state index is -0.127. The van der Waals surface area contributed by atoms with Crippen LogP contribution < -0.4 is 5.32 Å². The van der Waals surface area contributed by atoms with Crippen LogP contribution in [0, 0.1) is 30.1 Å². The predicted octanol–water partition coefficient (Wildman–Crippen LogP) is 2.49. The van der Waals surface area contributed by atoms with Gasteiger partial charge in [-0.15, -0.1) is 0 Å². The fourth-order valence-corrected chi connectivity index (χ4v) is 2.91. The van der Waals surface area contributed by atoms with Crippen LogP contribution in [0.1, 0.15) is 38.8 Å². The molecule has 2 atom stereocenters. The van der Waals surface area contributed by atoms with Crippen molar-refractivity contribution in [2.75, 3.05) is 11.9 Å². The Labute approximate surface area is 131 Å². The Kier molecular flexibility index (Phi) is 5.56. The summed E-state index contributed by atoms with van der Waals surface area (Å²) in [5.41, 5.74) is 0.936. The number of rotatable bonds is 5. The molecule has 1 N–H and O–H groups in total. The quantitative estimate of drug-likeness (QED) is 0.906. The Morgan fingerprint density at radius 2 is 2.41 bits per heavy atom. The minimum absolute atomic E-state index is 0.0247. The van der Waals surface area contributed by atoms with Gasteiger partial charge >= 0.3 is 0 Å². The second kappa shape index (κ2) is 7.41. The van der Waals surface area contributed by atoms with Gasteiger partial charge in [-0.25, -0.2) is 0 Å². The molecule has 22 heavy (non-hydrogen) atoms. The smallest absolute Gasteiger partial charge is 0.231 e. The number of carbonyl (C=O) groups is 1. The largest absolute Gasteiger partial charge is 0.377 e. The lowest BCUT2D eigenvalue weighted by atomic mass is 9.87. The van der Waals surface area contributed by atoms with E-state index in [0.717, 1.165) is 25.1 Å². The predicted molar refractivity (Wildman–Crippen MR) is 83.1 cm³/mol. The van der Waals surface area contributed by atoms with Crippen LogP contribution in [0.5, 0.6) is 0 Å². The molecule has 120 valence electrons. The molecule has 6 nitrogen and oxygen atoms in total. The fourth-order valence-electron chi connectivity index (χ4n) is 2.91. The Bertz CT molecular complexity index is 559. The minimum Gasteiger partial charge on any atom is -0.377 e. The number of hydrogen-bond acceptors (Lipinski definition) is 4. The molecule has 1 aromatic heterocycles. The molecular weight excluding hydrogens is 280 g/mol. The highest BCUT2D eigenvalue weighted by atomic mass is 16.5. The molecule has 1 saturated heterocycles. The van der Waals surface area contributed by atoms with E-state index in [4.69, 9.17) is 10.00 Å². The number of nitrogens with zero attached hydrogens (tertiary/aromatic N) is 3. The highest BCUT2D eigenvalue weighted by molar-refractivity contribution is 5.92. The Balaban J connectivity index is 2.03. The number of nitriles is 1. The first-order valence-corrected chi connectivity index (χ1v) is 7.86. The molecule has 6 heteroatoms. The van der Waals surface area contributed by atoms with E-state index < -0.39 is 0 Å². The van der Waals surface area contributed by atoms with E-state index in [-0.39, 0.29) is 17.9 Å². The van der Waals surface area contributed by atoms with Crippen molar-refractivity contribution in [3.63, 3.8) is 0 Å². The molecular formula is C16H24N4O2. The molecule has 0 saturated carbocycles. The molecule has 0 bridgehead atoms. The van der Waals surface area contributed by atoms with E-state index in [2.05, 4.69) is 30.3 Å². The molecule has 0 aliphatic carbocycles. The zero-order valence-corrected chi connectivity index (χ0v) is 13.5. The molecule has 1 aromatic rings. The number of aromatic nitrogens is 2. The topological polar surface area (TPSA) is 79.9 Å². The molecule has 1 fully saturated rings. The molecule has 0 radical (unpaired) electrons. The Morgan fingerprint density at radius 1 is 1.64 bits per heavy atom. The first kappa shape index (κ1) is 16.5. The van der Waals surface area contributed by atoms with Crippen LogP contribution in [-0.2, 0) is 16.1 Å². The lowest BCUT2D eigenvalue weighted by molar-refractivity contribution is -0.131. The molecule has 1 aliphatic heterocycles. The first-order chi connectivity index (χ1) is 10.5. The fraction of sp³-hybridized carbons (Fsp3) is 0.688. The summed E-state index contributed by atoms with van der Waals surface area (Å²) < 4.78 is 7.52. The second-order valence-electron chi connectivity index (χ2n) is 6.12. The number of ether oxygens (including phenoxy) is 1. The van der Waals surface area contributed by atoms with E-state index >= 15 is 0 Å². The van der Waals surface area contributed by atoms with Crippen molar-refractivity contribution < 1.29 is 9.53 Å². The van der Waals surface area contributed by atoms with E-state index in [9.17, 15) is 4.79 Å². The summed E-state index contributed by atoms with van der Waals surface area (Å²) in [6, 6.07) is 3.94. The molecule has 1 amide bonds. The average molecular weight is 304 g/mol. The average Bonchev–Trinajstić information content (AvgIpc) is 2.84. The van der Waals surface area contributed by atoms with Gasteiger partial charge in [-0.05, 0) is 25.7 Å². The first-order valence-electron chi connectivity index (χ1n) is 7.86. The van der Waals surface area contributed by atoms with Gasteiger partial charge < -0.3 is 10.1 Å². The van der Waals surface area contributed by atoms with E-state index in [1.165, 1.54) is 0 Å². The summed E-state index contributed by atoms with van der Waals surface area (Å²) in [6.45, 7) is 7.35. The highest BCUT2D eigenvalue weighted by Gasteiger charge is 2.34. The van der Waals surface area contributed by atoms with Crippen LogP contribution in [0.15, 0.2) is 6.07 Å². The number of carbonyl (C=O) groups excluding carboxylic acids is 1. The van der Waals surface area contributed by atoms with Crippen molar-refractivity contribution in [1.82, 2.24) is 9.78 Å². The highest BCUT2D eigenvalue weighted by Crippen LogP contribution is 2.27. The van der Waals surface area contributed by atoms with Crippen molar-refractivity contribution in [3.05, 3.63) is 11.8 Å². The van der Waals surface area contributed by atoms with Gasteiger partial charge in [0.05, 0.1) is 31.1 Å². The third-order valence-electron chi connectivity index (χ3n) is 4.03. The van der Waals surface area contributed by atoms with E-state index in [1.54, 1.807) is 4.68 Å². The molecule has 2 heterocycles. The van der Waals surface area contributed by atoms with Gasteiger partial charge in [0.2, 0.25) is 5.91 Å². The molecule has 2 rings (SSSR count). The molecule has 0 aromatic carbocycles.